The molecule has 0 saturated heterocycles. The topological polar surface area (TPSA) is 113 Å². The van der Waals surface area contributed by atoms with Gasteiger partial charge in [0.05, 0.1) is 11.5 Å². The summed E-state index contributed by atoms with van der Waals surface area (Å²) in [6.07, 6.45) is 0.634. The van der Waals surface area contributed by atoms with Crippen LogP contribution in [0.5, 0.6) is 5.75 Å². The zero-order chi connectivity index (χ0) is 15.9. The zero-order valence-electron chi connectivity index (χ0n) is 11.7. The van der Waals surface area contributed by atoms with Crippen LogP contribution in [-0.4, -0.2) is 43.9 Å². The van der Waals surface area contributed by atoms with Crippen LogP contribution in [0.3, 0.4) is 0 Å². The van der Waals surface area contributed by atoms with Crippen molar-refractivity contribution < 1.29 is 28.2 Å². The fourth-order valence-corrected chi connectivity index (χ4v) is 2.78. The molecule has 0 aliphatic rings. The lowest BCUT2D eigenvalue weighted by Gasteiger charge is -2.14. The molecule has 0 spiro atoms. The van der Waals surface area contributed by atoms with E-state index in [1.165, 1.54) is 24.3 Å². The number of carboxylic acid groups (broad SMARTS) is 1. The number of ether oxygens (including phenoxy) is 1. The highest BCUT2D eigenvalue weighted by Gasteiger charge is 2.24. The first-order valence-corrected chi connectivity index (χ1v) is 7.98. The van der Waals surface area contributed by atoms with Crippen molar-refractivity contribution in [2.24, 2.45) is 0 Å². The van der Waals surface area contributed by atoms with Crippen LogP contribution in [0.25, 0.3) is 0 Å². The highest BCUT2D eigenvalue weighted by Crippen LogP contribution is 2.16. The fourth-order valence-electron chi connectivity index (χ4n) is 1.55. The van der Waals surface area contributed by atoms with Crippen molar-refractivity contribution in [2.75, 3.05) is 13.2 Å². The van der Waals surface area contributed by atoms with Crippen LogP contribution in [0.15, 0.2) is 29.2 Å². The first-order chi connectivity index (χ1) is 9.90. The summed E-state index contributed by atoms with van der Waals surface area (Å²) in [6, 6.07) is 4.32. The Kier molecular flexibility index (Phi) is 6.60. The summed E-state index contributed by atoms with van der Waals surface area (Å²) in [5, 5.41) is 17.7. The number of carboxylic acids is 1. The maximum Gasteiger partial charge on any atom is 0.321 e. The molecule has 0 radical (unpaired) electrons. The van der Waals surface area contributed by atoms with Gasteiger partial charge >= 0.3 is 5.97 Å². The average molecular weight is 317 g/mol. The van der Waals surface area contributed by atoms with Gasteiger partial charge in [0, 0.05) is 6.61 Å². The second-order valence-electron chi connectivity index (χ2n) is 4.34. The molecule has 1 aromatic rings. The van der Waals surface area contributed by atoms with Gasteiger partial charge < -0.3 is 14.9 Å². The first-order valence-electron chi connectivity index (χ1n) is 6.49. The van der Waals surface area contributed by atoms with Crippen molar-refractivity contribution in [1.82, 2.24) is 4.72 Å². The number of rotatable bonds is 9. The predicted octanol–water partition coefficient (Wildman–Crippen LogP) is 0.589. The molecule has 1 rings (SSSR count). The number of benzene rings is 1. The van der Waals surface area contributed by atoms with Crippen LogP contribution in [0.2, 0.25) is 0 Å². The molecular formula is C13H19NO6S. The number of aliphatic carboxylic acids is 1. The molecule has 0 amide bonds. The molecule has 21 heavy (non-hydrogen) atoms. The van der Waals surface area contributed by atoms with Gasteiger partial charge in [-0.15, -0.1) is 0 Å². The van der Waals surface area contributed by atoms with Crippen LogP contribution >= 0.6 is 0 Å². The van der Waals surface area contributed by atoms with E-state index in [4.69, 9.17) is 14.9 Å². The normalized spacial score (nSPS) is 12.9. The molecule has 1 unspecified atom stereocenters. The number of nitrogens with one attached hydrogen (secondary N) is 1. The van der Waals surface area contributed by atoms with E-state index in [1.807, 2.05) is 11.6 Å². The Morgan fingerprint density at radius 3 is 2.43 bits per heavy atom. The first kappa shape index (κ1) is 17.4. The summed E-state index contributed by atoms with van der Waals surface area (Å²) in [5.41, 5.74) is 0. The van der Waals surface area contributed by atoms with Crippen molar-refractivity contribution in [3.63, 3.8) is 0 Å². The fraction of sp³-hybridized carbons (Fsp3) is 0.462. The molecule has 0 heterocycles. The van der Waals surface area contributed by atoms with Gasteiger partial charge in [-0.1, -0.05) is 6.92 Å². The summed E-state index contributed by atoms with van der Waals surface area (Å²) in [6.45, 7) is 2.06. The Morgan fingerprint density at radius 1 is 1.33 bits per heavy atom. The monoisotopic (exact) mass is 317 g/mol. The molecular weight excluding hydrogens is 298 g/mol. The third-order valence-electron chi connectivity index (χ3n) is 2.62. The van der Waals surface area contributed by atoms with E-state index in [-0.39, 0.29) is 11.3 Å². The van der Waals surface area contributed by atoms with E-state index < -0.39 is 28.6 Å². The minimum atomic E-state index is -3.96. The van der Waals surface area contributed by atoms with E-state index in [0.29, 0.717) is 12.4 Å². The van der Waals surface area contributed by atoms with E-state index in [1.54, 1.807) is 0 Å². The smallest absolute Gasteiger partial charge is 0.321 e. The Hall–Kier alpha value is -1.64. The van der Waals surface area contributed by atoms with Crippen LogP contribution in [0.1, 0.15) is 19.8 Å². The second kappa shape index (κ2) is 7.96. The van der Waals surface area contributed by atoms with E-state index in [2.05, 4.69) is 0 Å². The summed E-state index contributed by atoms with van der Waals surface area (Å²) < 4.78 is 31.5. The minimum absolute atomic E-state index is 0.0597. The number of hydrogen-bond donors (Lipinski definition) is 3. The van der Waals surface area contributed by atoms with Gasteiger partial charge in [-0.05, 0) is 37.1 Å². The van der Waals surface area contributed by atoms with Crippen molar-refractivity contribution >= 4 is 16.0 Å². The summed E-state index contributed by atoms with van der Waals surface area (Å²) >= 11 is 0. The van der Waals surface area contributed by atoms with Gasteiger partial charge in [0.2, 0.25) is 10.0 Å². The minimum Gasteiger partial charge on any atom is -0.494 e. The molecule has 0 bridgehead atoms. The summed E-state index contributed by atoms with van der Waals surface area (Å²) in [7, 11) is -3.96. The molecule has 7 nitrogen and oxygen atoms in total. The Morgan fingerprint density at radius 2 is 1.95 bits per heavy atom. The largest absolute Gasteiger partial charge is 0.494 e. The molecule has 8 heteroatoms. The van der Waals surface area contributed by atoms with Crippen LogP contribution in [0, 0.1) is 0 Å². The third-order valence-corrected chi connectivity index (χ3v) is 4.11. The van der Waals surface area contributed by atoms with Crippen LogP contribution in [-0.2, 0) is 14.8 Å². The van der Waals surface area contributed by atoms with Gasteiger partial charge in [0.15, 0.2) is 0 Å². The maximum atomic E-state index is 12.1. The van der Waals surface area contributed by atoms with Gasteiger partial charge in [0.25, 0.3) is 0 Å². The van der Waals surface area contributed by atoms with E-state index >= 15 is 0 Å². The van der Waals surface area contributed by atoms with Gasteiger partial charge in [-0.3, -0.25) is 4.79 Å². The Balaban J connectivity index is 2.84. The molecule has 1 atom stereocenters. The van der Waals surface area contributed by atoms with Gasteiger partial charge in [0.1, 0.15) is 11.8 Å². The highest BCUT2D eigenvalue weighted by atomic mass is 32.2. The summed E-state index contributed by atoms with van der Waals surface area (Å²) in [4.78, 5) is 10.9. The molecule has 3 N–H and O–H groups in total. The van der Waals surface area contributed by atoms with Gasteiger partial charge in [-0.2, -0.15) is 4.72 Å². The molecule has 0 aromatic heterocycles. The van der Waals surface area contributed by atoms with Crippen molar-refractivity contribution in [1.29, 1.82) is 0 Å². The predicted molar refractivity (Wildman–Crippen MR) is 75.7 cm³/mol. The average Bonchev–Trinajstić information content (AvgIpc) is 2.45. The lowest BCUT2D eigenvalue weighted by molar-refractivity contribution is -0.139. The molecule has 1 aromatic carbocycles. The molecule has 118 valence electrons. The zero-order valence-corrected chi connectivity index (χ0v) is 12.5. The lowest BCUT2D eigenvalue weighted by Crippen LogP contribution is -2.41. The molecule has 0 saturated carbocycles. The van der Waals surface area contributed by atoms with Crippen LogP contribution in [0.4, 0.5) is 0 Å². The second-order valence-corrected chi connectivity index (χ2v) is 6.06. The van der Waals surface area contributed by atoms with E-state index in [9.17, 15) is 13.2 Å². The van der Waals surface area contributed by atoms with Crippen molar-refractivity contribution in [2.45, 2.75) is 30.7 Å². The highest BCUT2D eigenvalue weighted by molar-refractivity contribution is 7.89. The lowest BCUT2D eigenvalue weighted by atomic mass is 10.2. The number of aliphatic hydroxyl groups is 1. The Labute approximate surface area is 123 Å². The number of hydrogen-bond acceptors (Lipinski definition) is 5. The van der Waals surface area contributed by atoms with Crippen molar-refractivity contribution in [3.8, 4) is 5.75 Å². The quantitative estimate of drug-likeness (QED) is 0.614. The SMILES string of the molecule is CCCOc1ccc(S(=O)(=O)NC(CCO)C(=O)O)cc1. The molecule has 0 aliphatic carbocycles. The number of aliphatic hydroxyl groups excluding tert-OH is 1. The molecule has 0 fully saturated rings. The van der Waals surface area contributed by atoms with Gasteiger partial charge in [-0.25, -0.2) is 8.42 Å². The maximum absolute atomic E-state index is 12.1. The van der Waals surface area contributed by atoms with Crippen molar-refractivity contribution in [3.05, 3.63) is 24.3 Å². The third kappa shape index (κ3) is 5.33. The molecule has 0 aliphatic heterocycles. The number of sulfonamides is 1. The standard InChI is InChI=1S/C13H19NO6S/c1-2-9-20-10-3-5-11(6-4-10)21(18,19)14-12(7-8-15)13(16)17/h3-6,12,14-15H,2,7-9H2,1H3,(H,16,17). The summed E-state index contributed by atoms with van der Waals surface area (Å²) in [5.74, 6) is -0.795. The van der Waals surface area contributed by atoms with E-state index in [0.717, 1.165) is 6.42 Å². The Bertz CT molecular complexity index is 555. The van der Waals surface area contributed by atoms with Crippen LogP contribution < -0.4 is 9.46 Å². The number of carbonyl (C=O) groups is 1.